The summed E-state index contributed by atoms with van der Waals surface area (Å²) in [6.07, 6.45) is 2.53. The molecule has 0 aliphatic carbocycles. The number of nitrogens with one attached hydrogen (secondary N) is 2. The number of aromatic amines is 1. The van der Waals surface area contributed by atoms with E-state index < -0.39 is 17.9 Å². The van der Waals surface area contributed by atoms with Crippen LogP contribution in [0.2, 0.25) is 0 Å². The number of amides is 1. The minimum atomic E-state index is -0.838. The van der Waals surface area contributed by atoms with Crippen molar-refractivity contribution in [3.8, 4) is 5.75 Å². The van der Waals surface area contributed by atoms with Crippen LogP contribution in [-0.4, -0.2) is 42.4 Å². The average molecular weight is 408 g/mol. The van der Waals surface area contributed by atoms with Crippen LogP contribution in [0.5, 0.6) is 5.75 Å². The molecule has 0 radical (unpaired) electrons. The van der Waals surface area contributed by atoms with Gasteiger partial charge in [-0.3, -0.25) is 9.59 Å². The number of ether oxygens (including phenoxy) is 2. The largest absolute Gasteiger partial charge is 0.484 e. The first-order valence-electron chi connectivity index (χ1n) is 9.70. The van der Waals surface area contributed by atoms with Gasteiger partial charge in [0.2, 0.25) is 0 Å². The van der Waals surface area contributed by atoms with Crippen molar-refractivity contribution in [3.63, 3.8) is 0 Å². The van der Waals surface area contributed by atoms with Crippen molar-refractivity contribution in [3.05, 3.63) is 65.9 Å². The molecule has 0 bridgehead atoms. The highest BCUT2D eigenvalue weighted by Gasteiger charge is 2.23. The fraction of sp³-hybridized carbons (Fsp3) is 0.261. The number of H-pyrrole nitrogens is 1. The second-order valence-electron chi connectivity index (χ2n) is 6.80. The maximum absolute atomic E-state index is 12.4. The first-order chi connectivity index (χ1) is 14.5. The van der Waals surface area contributed by atoms with Crippen LogP contribution < -0.4 is 10.1 Å². The number of benzene rings is 2. The molecule has 7 heteroatoms. The Morgan fingerprint density at radius 1 is 1.07 bits per heavy atom. The summed E-state index contributed by atoms with van der Waals surface area (Å²) in [5, 5.41) is 3.66. The Morgan fingerprint density at radius 3 is 2.50 bits per heavy atom. The fourth-order valence-corrected chi connectivity index (χ4v) is 3.18. The summed E-state index contributed by atoms with van der Waals surface area (Å²) >= 11 is 0. The Hall–Kier alpha value is -3.61. The lowest BCUT2D eigenvalue weighted by molar-refractivity contribution is -0.145. The number of esters is 1. The fourth-order valence-electron chi connectivity index (χ4n) is 3.18. The molecule has 7 nitrogen and oxygen atoms in total. The number of aromatic nitrogens is 1. The number of carbonyl (C=O) groups is 3. The molecular weight excluding hydrogens is 384 g/mol. The summed E-state index contributed by atoms with van der Waals surface area (Å²) in [6, 6.07) is 13.5. The lowest BCUT2D eigenvalue weighted by atomic mass is 10.0. The van der Waals surface area contributed by atoms with Gasteiger partial charge in [0.25, 0.3) is 5.91 Å². The van der Waals surface area contributed by atoms with Crippen molar-refractivity contribution in [1.29, 1.82) is 0 Å². The molecule has 156 valence electrons. The molecule has 1 aromatic heterocycles. The smallest absolute Gasteiger partial charge is 0.328 e. The third-order valence-corrected chi connectivity index (χ3v) is 4.79. The number of Topliss-reactive ketones (excluding diaryl/α,β-unsaturated/α-hetero) is 1. The number of rotatable bonds is 9. The second-order valence-corrected chi connectivity index (χ2v) is 6.80. The molecule has 1 heterocycles. The molecule has 0 saturated carbocycles. The van der Waals surface area contributed by atoms with Crippen LogP contribution in [0.15, 0.2) is 54.7 Å². The molecule has 0 aliphatic rings. The van der Waals surface area contributed by atoms with Gasteiger partial charge in [-0.15, -0.1) is 0 Å². The highest BCUT2D eigenvalue weighted by molar-refractivity contribution is 5.96. The van der Waals surface area contributed by atoms with Crippen LogP contribution >= 0.6 is 0 Å². The highest BCUT2D eigenvalue weighted by atomic mass is 16.5. The number of hydrogen-bond donors (Lipinski definition) is 2. The van der Waals surface area contributed by atoms with Crippen molar-refractivity contribution in [1.82, 2.24) is 10.3 Å². The van der Waals surface area contributed by atoms with Crippen molar-refractivity contribution in [2.24, 2.45) is 0 Å². The minimum absolute atomic E-state index is 0.0393. The van der Waals surface area contributed by atoms with Crippen LogP contribution in [0.4, 0.5) is 0 Å². The monoisotopic (exact) mass is 408 g/mol. The van der Waals surface area contributed by atoms with Crippen LogP contribution in [0.25, 0.3) is 10.9 Å². The van der Waals surface area contributed by atoms with Crippen LogP contribution in [-0.2, 0) is 20.7 Å². The van der Waals surface area contributed by atoms with Gasteiger partial charge in [0, 0.05) is 35.5 Å². The summed E-state index contributed by atoms with van der Waals surface area (Å²) in [4.78, 5) is 39.4. The molecule has 2 N–H and O–H groups in total. The zero-order valence-corrected chi connectivity index (χ0v) is 16.9. The molecular formula is C23H24N2O5. The van der Waals surface area contributed by atoms with Crippen molar-refractivity contribution < 1.29 is 23.9 Å². The van der Waals surface area contributed by atoms with Gasteiger partial charge >= 0.3 is 5.97 Å². The third kappa shape index (κ3) is 5.05. The lowest BCUT2D eigenvalue weighted by Gasteiger charge is -2.16. The van der Waals surface area contributed by atoms with Gasteiger partial charge in [-0.25, -0.2) is 4.79 Å². The summed E-state index contributed by atoms with van der Waals surface area (Å²) in [6.45, 7) is 1.54. The quantitative estimate of drug-likeness (QED) is 0.419. The van der Waals surface area contributed by atoms with Crippen LogP contribution in [0.3, 0.4) is 0 Å². The average Bonchev–Trinajstić information content (AvgIpc) is 3.19. The number of ketones is 1. The van der Waals surface area contributed by atoms with E-state index in [0.717, 1.165) is 16.5 Å². The van der Waals surface area contributed by atoms with E-state index in [1.54, 1.807) is 31.2 Å². The summed E-state index contributed by atoms with van der Waals surface area (Å²) in [5.74, 6) is -0.475. The molecule has 3 rings (SSSR count). The predicted octanol–water partition coefficient (Wildman–Crippen LogP) is 3.04. The lowest BCUT2D eigenvalue weighted by Crippen LogP contribution is -2.44. The van der Waals surface area contributed by atoms with Gasteiger partial charge in [0.15, 0.2) is 12.4 Å². The van der Waals surface area contributed by atoms with E-state index in [0.29, 0.717) is 17.7 Å². The van der Waals surface area contributed by atoms with Gasteiger partial charge in [-0.2, -0.15) is 0 Å². The molecule has 30 heavy (non-hydrogen) atoms. The van der Waals surface area contributed by atoms with Gasteiger partial charge < -0.3 is 19.8 Å². The number of methoxy groups -OCH3 is 1. The maximum Gasteiger partial charge on any atom is 0.328 e. The van der Waals surface area contributed by atoms with Gasteiger partial charge in [0.05, 0.1) is 7.11 Å². The number of fused-ring (bicyclic) bond motifs is 1. The summed E-state index contributed by atoms with van der Waals surface area (Å²) in [7, 11) is 1.28. The summed E-state index contributed by atoms with van der Waals surface area (Å²) < 4.78 is 10.3. The molecule has 3 aromatic rings. The van der Waals surface area contributed by atoms with E-state index in [-0.39, 0.29) is 18.8 Å². The van der Waals surface area contributed by atoms with E-state index in [4.69, 9.17) is 9.47 Å². The Labute approximate surface area is 174 Å². The Morgan fingerprint density at radius 2 is 1.80 bits per heavy atom. The molecule has 0 fully saturated rings. The molecule has 0 saturated heterocycles. The number of carbonyl (C=O) groups excluding carboxylic acids is 3. The van der Waals surface area contributed by atoms with E-state index in [9.17, 15) is 14.4 Å². The predicted molar refractivity (Wildman–Crippen MR) is 113 cm³/mol. The minimum Gasteiger partial charge on any atom is -0.484 e. The standard InChI is InChI=1S/C23H24N2O5/c1-3-21(26)15-8-10-17(11-9-15)30-14-22(27)25-20(23(28)29-2)12-16-13-24-19-7-5-4-6-18(16)19/h4-11,13,20,24H,3,12,14H2,1-2H3,(H,25,27). The first kappa shape index (κ1) is 21.1. The number of hydrogen-bond acceptors (Lipinski definition) is 5. The number of para-hydroxylation sites is 1. The molecule has 0 aliphatic heterocycles. The highest BCUT2D eigenvalue weighted by Crippen LogP contribution is 2.19. The normalized spacial score (nSPS) is 11.7. The SMILES string of the molecule is CCC(=O)c1ccc(OCC(=O)NC(Cc2c[nH]c3ccccc23)C(=O)OC)cc1. The van der Waals surface area contributed by atoms with Crippen molar-refractivity contribution in [2.75, 3.05) is 13.7 Å². The summed E-state index contributed by atoms with van der Waals surface area (Å²) in [5.41, 5.74) is 2.45. The van der Waals surface area contributed by atoms with E-state index in [2.05, 4.69) is 10.3 Å². The van der Waals surface area contributed by atoms with E-state index >= 15 is 0 Å². The Kier molecular flexibility index (Phi) is 6.85. The topological polar surface area (TPSA) is 97.5 Å². The molecule has 1 atom stereocenters. The van der Waals surface area contributed by atoms with E-state index in [1.807, 2.05) is 30.5 Å². The molecule has 1 unspecified atom stereocenters. The van der Waals surface area contributed by atoms with Gasteiger partial charge in [0.1, 0.15) is 11.8 Å². The maximum atomic E-state index is 12.4. The van der Waals surface area contributed by atoms with Crippen molar-refractivity contribution in [2.45, 2.75) is 25.8 Å². The molecule has 2 aromatic carbocycles. The van der Waals surface area contributed by atoms with E-state index in [1.165, 1.54) is 7.11 Å². The Bertz CT molecular complexity index is 1040. The first-order valence-corrected chi connectivity index (χ1v) is 9.70. The van der Waals surface area contributed by atoms with Crippen LogP contribution in [0, 0.1) is 0 Å². The third-order valence-electron chi connectivity index (χ3n) is 4.79. The zero-order chi connectivity index (χ0) is 21.5. The molecule has 0 spiro atoms. The second kappa shape index (κ2) is 9.73. The zero-order valence-electron chi connectivity index (χ0n) is 16.9. The van der Waals surface area contributed by atoms with Gasteiger partial charge in [-0.05, 0) is 35.9 Å². The Balaban J connectivity index is 1.61. The van der Waals surface area contributed by atoms with Crippen molar-refractivity contribution >= 4 is 28.6 Å². The van der Waals surface area contributed by atoms with Crippen LogP contribution in [0.1, 0.15) is 29.3 Å². The molecule has 1 amide bonds. The van der Waals surface area contributed by atoms with Gasteiger partial charge in [-0.1, -0.05) is 25.1 Å².